The number of hydrogen-bond acceptors (Lipinski definition) is 3. The molecule has 0 saturated heterocycles. The summed E-state index contributed by atoms with van der Waals surface area (Å²) in [4.78, 5) is 1.96. The van der Waals surface area contributed by atoms with E-state index in [1.807, 2.05) is 24.1 Å². The van der Waals surface area contributed by atoms with Crippen molar-refractivity contribution in [2.24, 2.45) is 10.9 Å². The van der Waals surface area contributed by atoms with Crippen molar-refractivity contribution in [2.75, 3.05) is 11.9 Å². The van der Waals surface area contributed by atoms with Crippen LogP contribution in [0.25, 0.3) is 0 Å². The van der Waals surface area contributed by atoms with E-state index in [0.29, 0.717) is 12.1 Å². The standard InChI is InChI=1S/C15H15ClFN3O/c1-20(9-10-5-6-14(17)13(16)7-10)12-4-2-3-11(8-12)15(18)19-21/h2-8,21H,9H2,1H3,(H2,18,19). The number of amidine groups is 1. The van der Waals surface area contributed by atoms with Gasteiger partial charge in [-0.15, -0.1) is 0 Å². The van der Waals surface area contributed by atoms with Crippen LogP contribution in [0.3, 0.4) is 0 Å². The van der Waals surface area contributed by atoms with E-state index in [4.69, 9.17) is 22.5 Å². The molecule has 110 valence electrons. The van der Waals surface area contributed by atoms with Crippen LogP contribution in [0.1, 0.15) is 11.1 Å². The predicted molar refractivity (Wildman–Crippen MR) is 82.5 cm³/mol. The minimum atomic E-state index is -0.433. The van der Waals surface area contributed by atoms with E-state index in [9.17, 15) is 4.39 Å². The summed E-state index contributed by atoms with van der Waals surface area (Å²) in [5.41, 5.74) is 7.97. The van der Waals surface area contributed by atoms with Gasteiger partial charge in [-0.2, -0.15) is 0 Å². The van der Waals surface area contributed by atoms with E-state index < -0.39 is 5.82 Å². The molecule has 0 bridgehead atoms. The molecule has 2 aromatic carbocycles. The number of nitrogens with two attached hydrogens (primary N) is 1. The van der Waals surface area contributed by atoms with Crippen molar-refractivity contribution >= 4 is 23.1 Å². The van der Waals surface area contributed by atoms with Crippen LogP contribution in [0, 0.1) is 5.82 Å². The molecule has 2 rings (SSSR count). The first kappa shape index (κ1) is 15.1. The third-order valence-corrected chi connectivity index (χ3v) is 3.38. The largest absolute Gasteiger partial charge is 0.409 e. The fourth-order valence-electron chi connectivity index (χ4n) is 1.96. The lowest BCUT2D eigenvalue weighted by Gasteiger charge is -2.20. The summed E-state index contributed by atoms with van der Waals surface area (Å²) in [5.74, 6) is -0.382. The van der Waals surface area contributed by atoms with Crippen LogP contribution in [0.2, 0.25) is 5.02 Å². The quantitative estimate of drug-likeness (QED) is 0.394. The Bertz CT molecular complexity index is 676. The third kappa shape index (κ3) is 3.64. The van der Waals surface area contributed by atoms with Crippen LogP contribution in [0.4, 0.5) is 10.1 Å². The predicted octanol–water partition coefficient (Wildman–Crippen LogP) is 3.21. The van der Waals surface area contributed by atoms with Crippen molar-refractivity contribution in [3.8, 4) is 0 Å². The van der Waals surface area contributed by atoms with Gasteiger partial charge in [0, 0.05) is 24.8 Å². The Kier molecular flexibility index (Phi) is 4.65. The van der Waals surface area contributed by atoms with Crippen LogP contribution in [0.15, 0.2) is 47.6 Å². The lowest BCUT2D eigenvalue weighted by atomic mass is 10.1. The highest BCUT2D eigenvalue weighted by Crippen LogP contribution is 2.20. The number of hydrogen-bond donors (Lipinski definition) is 2. The molecule has 0 unspecified atom stereocenters. The molecule has 0 aliphatic carbocycles. The maximum atomic E-state index is 13.1. The van der Waals surface area contributed by atoms with E-state index >= 15 is 0 Å². The average molecular weight is 308 g/mol. The highest BCUT2D eigenvalue weighted by Gasteiger charge is 2.07. The van der Waals surface area contributed by atoms with E-state index in [0.717, 1.165) is 11.3 Å². The van der Waals surface area contributed by atoms with Gasteiger partial charge in [0.1, 0.15) is 5.82 Å². The minimum Gasteiger partial charge on any atom is -0.409 e. The zero-order valence-electron chi connectivity index (χ0n) is 11.4. The van der Waals surface area contributed by atoms with Crippen LogP contribution in [-0.2, 0) is 6.54 Å². The molecule has 0 saturated carbocycles. The number of halogens is 2. The summed E-state index contributed by atoms with van der Waals surface area (Å²) in [7, 11) is 1.89. The summed E-state index contributed by atoms with van der Waals surface area (Å²) >= 11 is 5.78. The van der Waals surface area contributed by atoms with Crippen molar-refractivity contribution in [3.63, 3.8) is 0 Å². The first-order valence-electron chi connectivity index (χ1n) is 6.24. The molecule has 3 N–H and O–H groups in total. The monoisotopic (exact) mass is 307 g/mol. The lowest BCUT2D eigenvalue weighted by Crippen LogP contribution is -2.18. The normalized spacial score (nSPS) is 11.5. The van der Waals surface area contributed by atoms with Gasteiger partial charge in [0.25, 0.3) is 0 Å². The molecule has 0 radical (unpaired) electrons. The Labute approximate surface area is 127 Å². The van der Waals surface area contributed by atoms with Crippen molar-refractivity contribution in [3.05, 3.63) is 64.4 Å². The number of nitrogens with zero attached hydrogens (tertiary/aromatic N) is 2. The maximum Gasteiger partial charge on any atom is 0.170 e. The molecule has 0 heterocycles. The SMILES string of the molecule is CN(Cc1ccc(F)c(Cl)c1)c1cccc(/C(N)=N/O)c1. The van der Waals surface area contributed by atoms with Gasteiger partial charge in [-0.05, 0) is 29.8 Å². The van der Waals surface area contributed by atoms with Gasteiger partial charge in [-0.3, -0.25) is 0 Å². The Morgan fingerprint density at radius 3 is 2.76 bits per heavy atom. The molecule has 0 spiro atoms. The van der Waals surface area contributed by atoms with E-state index in [1.165, 1.54) is 6.07 Å². The molecule has 6 heteroatoms. The third-order valence-electron chi connectivity index (χ3n) is 3.09. The molecule has 0 fully saturated rings. The summed E-state index contributed by atoms with van der Waals surface area (Å²) in [6.45, 7) is 0.555. The lowest BCUT2D eigenvalue weighted by molar-refractivity contribution is 0.318. The van der Waals surface area contributed by atoms with Crippen LogP contribution < -0.4 is 10.6 Å². The molecule has 0 aliphatic heterocycles. The fourth-order valence-corrected chi connectivity index (χ4v) is 2.17. The van der Waals surface area contributed by atoms with Gasteiger partial charge in [0.15, 0.2) is 5.84 Å². The van der Waals surface area contributed by atoms with E-state index in [1.54, 1.807) is 24.3 Å². The highest BCUT2D eigenvalue weighted by molar-refractivity contribution is 6.30. The Morgan fingerprint density at radius 1 is 1.33 bits per heavy atom. The summed E-state index contributed by atoms with van der Waals surface area (Å²) in [6, 6.07) is 11.9. The Morgan fingerprint density at radius 2 is 2.10 bits per heavy atom. The summed E-state index contributed by atoms with van der Waals surface area (Å²) < 4.78 is 13.1. The molecular formula is C15H15ClFN3O. The van der Waals surface area contributed by atoms with Gasteiger partial charge in [0.05, 0.1) is 5.02 Å². The first-order chi connectivity index (χ1) is 10.0. The smallest absolute Gasteiger partial charge is 0.170 e. The summed E-state index contributed by atoms with van der Waals surface area (Å²) in [5, 5.41) is 11.8. The maximum absolute atomic E-state index is 13.1. The van der Waals surface area contributed by atoms with E-state index in [2.05, 4.69) is 5.16 Å². The highest BCUT2D eigenvalue weighted by atomic mass is 35.5. The van der Waals surface area contributed by atoms with Crippen molar-refractivity contribution in [1.82, 2.24) is 0 Å². The van der Waals surface area contributed by atoms with Crippen molar-refractivity contribution < 1.29 is 9.60 Å². The molecule has 2 aromatic rings. The second-order valence-electron chi connectivity index (χ2n) is 4.64. The first-order valence-corrected chi connectivity index (χ1v) is 6.62. The molecule has 0 aromatic heterocycles. The van der Waals surface area contributed by atoms with Gasteiger partial charge in [-0.25, -0.2) is 4.39 Å². The van der Waals surface area contributed by atoms with Gasteiger partial charge in [0.2, 0.25) is 0 Å². The Hall–Kier alpha value is -2.27. The molecule has 21 heavy (non-hydrogen) atoms. The van der Waals surface area contributed by atoms with Crippen LogP contribution in [-0.4, -0.2) is 18.1 Å². The summed E-state index contributed by atoms with van der Waals surface area (Å²) in [6.07, 6.45) is 0. The molecule has 0 amide bonds. The van der Waals surface area contributed by atoms with Crippen molar-refractivity contribution in [2.45, 2.75) is 6.54 Å². The average Bonchev–Trinajstić information content (AvgIpc) is 2.50. The van der Waals surface area contributed by atoms with Gasteiger partial charge >= 0.3 is 0 Å². The number of rotatable bonds is 4. The second kappa shape index (κ2) is 6.45. The second-order valence-corrected chi connectivity index (χ2v) is 5.05. The topological polar surface area (TPSA) is 61.8 Å². The minimum absolute atomic E-state index is 0.0510. The fraction of sp³-hybridized carbons (Fsp3) is 0.133. The number of oxime groups is 1. The molecule has 0 atom stereocenters. The van der Waals surface area contributed by atoms with E-state index in [-0.39, 0.29) is 10.9 Å². The zero-order valence-corrected chi connectivity index (χ0v) is 12.2. The van der Waals surface area contributed by atoms with Gasteiger partial charge in [-0.1, -0.05) is 35.0 Å². The van der Waals surface area contributed by atoms with Crippen LogP contribution >= 0.6 is 11.6 Å². The molecule has 4 nitrogen and oxygen atoms in total. The van der Waals surface area contributed by atoms with Crippen LogP contribution in [0.5, 0.6) is 0 Å². The van der Waals surface area contributed by atoms with Crippen molar-refractivity contribution in [1.29, 1.82) is 0 Å². The Balaban J connectivity index is 2.20. The molecule has 0 aliphatic rings. The number of benzene rings is 2. The molecular weight excluding hydrogens is 293 g/mol. The number of anilines is 1. The zero-order chi connectivity index (χ0) is 15.4. The van der Waals surface area contributed by atoms with Gasteiger partial charge < -0.3 is 15.8 Å².